The van der Waals surface area contributed by atoms with E-state index in [2.05, 4.69) is 16.4 Å². The lowest BCUT2D eigenvalue weighted by molar-refractivity contribution is 0.0937. The van der Waals surface area contributed by atoms with Crippen LogP contribution in [0.3, 0.4) is 0 Å². The van der Waals surface area contributed by atoms with Crippen LogP contribution in [0, 0.1) is 0 Å². The number of hydrogen-bond donors (Lipinski definition) is 1. The monoisotopic (exact) mass is 336 g/mol. The van der Waals surface area contributed by atoms with Gasteiger partial charge in [0.25, 0.3) is 5.91 Å². The van der Waals surface area contributed by atoms with Crippen LogP contribution in [0.5, 0.6) is 5.75 Å². The molecule has 5 heteroatoms. The average molecular weight is 336 g/mol. The highest BCUT2D eigenvalue weighted by Crippen LogP contribution is 2.28. The van der Waals surface area contributed by atoms with Crippen molar-refractivity contribution < 1.29 is 9.53 Å². The van der Waals surface area contributed by atoms with Gasteiger partial charge in [-0.05, 0) is 11.6 Å². The fraction of sp³-hybridized carbons (Fsp3) is 0.158. The van der Waals surface area contributed by atoms with Gasteiger partial charge in [0.15, 0.2) is 0 Å². The molecular formula is C19H16N2O2S. The fourth-order valence-electron chi connectivity index (χ4n) is 2.75. The maximum absolute atomic E-state index is 12.3. The molecule has 0 bridgehead atoms. The van der Waals surface area contributed by atoms with Gasteiger partial charge >= 0.3 is 0 Å². The third-order valence-electron chi connectivity index (χ3n) is 3.95. The average Bonchev–Trinajstić information content (AvgIpc) is 3.27. The third-order valence-corrected chi connectivity index (χ3v) is 5.00. The van der Waals surface area contributed by atoms with E-state index < -0.39 is 0 Å². The smallest absolute Gasteiger partial charge is 0.263 e. The van der Waals surface area contributed by atoms with Gasteiger partial charge in [0.1, 0.15) is 21.7 Å². The Labute approximate surface area is 144 Å². The molecule has 1 atom stereocenters. The van der Waals surface area contributed by atoms with E-state index in [4.69, 9.17) is 4.74 Å². The zero-order valence-electron chi connectivity index (χ0n) is 12.9. The minimum atomic E-state index is -0.103. The standard InChI is InChI=1S/C19H16N2O2S/c22-18(17-12-21-19(24-17)13-6-2-1-3-7-13)20-11-15-10-14-8-4-5-9-16(14)23-15/h1-9,12,15H,10-11H2,(H,20,22). The molecule has 1 aliphatic rings. The van der Waals surface area contributed by atoms with Crippen molar-refractivity contribution in [3.05, 3.63) is 71.2 Å². The number of fused-ring (bicyclic) bond motifs is 1. The summed E-state index contributed by atoms with van der Waals surface area (Å²) in [5.41, 5.74) is 2.22. The molecule has 0 saturated heterocycles. The van der Waals surface area contributed by atoms with E-state index in [9.17, 15) is 4.79 Å². The normalized spacial score (nSPS) is 15.6. The Morgan fingerprint density at radius 3 is 2.79 bits per heavy atom. The molecule has 2 heterocycles. The van der Waals surface area contributed by atoms with Crippen molar-refractivity contribution in [1.82, 2.24) is 10.3 Å². The van der Waals surface area contributed by atoms with Gasteiger partial charge in [0.05, 0.1) is 12.7 Å². The summed E-state index contributed by atoms with van der Waals surface area (Å²) >= 11 is 1.40. The Morgan fingerprint density at radius 2 is 1.96 bits per heavy atom. The summed E-state index contributed by atoms with van der Waals surface area (Å²) in [6.07, 6.45) is 2.45. The minimum absolute atomic E-state index is 0.00661. The SMILES string of the molecule is O=C(NCC1Cc2ccccc2O1)c1cnc(-c2ccccc2)s1. The van der Waals surface area contributed by atoms with Gasteiger partial charge in [0.2, 0.25) is 0 Å². The number of hydrogen-bond acceptors (Lipinski definition) is 4. The van der Waals surface area contributed by atoms with Gasteiger partial charge in [-0.25, -0.2) is 4.98 Å². The first-order chi connectivity index (χ1) is 11.8. The Balaban J connectivity index is 1.37. The molecule has 24 heavy (non-hydrogen) atoms. The molecule has 1 aromatic heterocycles. The molecule has 0 fully saturated rings. The van der Waals surface area contributed by atoms with E-state index in [0.29, 0.717) is 11.4 Å². The second-order valence-electron chi connectivity index (χ2n) is 5.66. The van der Waals surface area contributed by atoms with Gasteiger partial charge < -0.3 is 10.1 Å². The summed E-state index contributed by atoms with van der Waals surface area (Å²) in [6.45, 7) is 0.492. The van der Waals surface area contributed by atoms with Crippen LogP contribution in [0.4, 0.5) is 0 Å². The summed E-state index contributed by atoms with van der Waals surface area (Å²) in [5, 5.41) is 3.80. The van der Waals surface area contributed by atoms with Gasteiger partial charge in [-0.1, -0.05) is 48.5 Å². The van der Waals surface area contributed by atoms with E-state index in [1.54, 1.807) is 6.20 Å². The maximum Gasteiger partial charge on any atom is 0.263 e. The molecule has 120 valence electrons. The summed E-state index contributed by atoms with van der Waals surface area (Å²) in [5.74, 6) is 0.815. The first-order valence-electron chi connectivity index (χ1n) is 7.83. The number of para-hydroxylation sites is 1. The highest BCUT2D eigenvalue weighted by molar-refractivity contribution is 7.16. The van der Waals surface area contributed by atoms with E-state index in [-0.39, 0.29) is 12.0 Å². The second-order valence-corrected chi connectivity index (χ2v) is 6.69. The molecule has 0 radical (unpaired) electrons. The highest BCUT2D eigenvalue weighted by atomic mass is 32.1. The number of amides is 1. The van der Waals surface area contributed by atoms with Crippen molar-refractivity contribution in [1.29, 1.82) is 0 Å². The molecule has 0 aliphatic carbocycles. The Hall–Kier alpha value is -2.66. The van der Waals surface area contributed by atoms with Crippen LogP contribution >= 0.6 is 11.3 Å². The van der Waals surface area contributed by atoms with Crippen LogP contribution in [-0.4, -0.2) is 23.5 Å². The van der Waals surface area contributed by atoms with E-state index in [1.807, 2.05) is 48.5 Å². The Morgan fingerprint density at radius 1 is 1.17 bits per heavy atom. The summed E-state index contributed by atoms with van der Waals surface area (Å²) in [6, 6.07) is 17.9. The molecule has 4 nitrogen and oxygen atoms in total. The Bertz CT molecular complexity index is 836. The lowest BCUT2D eigenvalue weighted by Crippen LogP contribution is -2.34. The molecular weight excluding hydrogens is 320 g/mol. The van der Waals surface area contributed by atoms with E-state index in [1.165, 1.54) is 16.9 Å². The largest absolute Gasteiger partial charge is 0.488 e. The first-order valence-corrected chi connectivity index (χ1v) is 8.65. The van der Waals surface area contributed by atoms with Crippen LogP contribution < -0.4 is 10.1 Å². The molecule has 4 rings (SSSR count). The number of carbonyl (C=O) groups is 1. The van der Waals surface area contributed by atoms with Crippen molar-refractivity contribution >= 4 is 17.2 Å². The molecule has 3 aromatic rings. The number of nitrogens with one attached hydrogen (secondary N) is 1. The van der Waals surface area contributed by atoms with E-state index in [0.717, 1.165) is 22.7 Å². The summed E-state index contributed by atoms with van der Waals surface area (Å²) in [7, 11) is 0. The lowest BCUT2D eigenvalue weighted by atomic mass is 10.1. The lowest BCUT2D eigenvalue weighted by Gasteiger charge is -2.11. The maximum atomic E-state index is 12.3. The number of benzene rings is 2. The quantitative estimate of drug-likeness (QED) is 0.793. The van der Waals surface area contributed by atoms with Crippen molar-refractivity contribution in [2.45, 2.75) is 12.5 Å². The molecule has 1 N–H and O–H groups in total. The van der Waals surface area contributed by atoms with Gasteiger partial charge in [-0.2, -0.15) is 0 Å². The minimum Gasteiger partial charge on any atom is -0.488 e. The zero-order valence-corrected chi connectivity index (χ0v) is 13.8. The fourth-order valence-corrected chi connectivity index (χ4v) is 3.59. The topological polar surface area (TPSA) is 51.2 Å². The highest BCUT2D eigenvalue weighted by Gasteiger charge is 2.23. The number of rotatable bonds is 4. The second kappa shape index (κ2) is 6.45. The van der Waals surface area contributed by atoms with Crippen molar-refractivity contribution in [3.63, 3.8) is 0 Å². The third kappa shape index (κ3) is 3.03. The van der Waals surface area contributed by atoms with Crippen molar-refractivity contribution in [2.24, 2.45) is 0 Å². The van der Waals surface area contributed by atoms with Gasteiger partial charge in [-0.15, -0.1) is 11.3 Å². The molecule has 1 amide bonds. The number of aromatic nitrogens is 1. The van der Waals surface area contributed by atoms with Crippen molar-refractivity contribution in [3.8, 4) is 16.3 Å². The molecule has 1 aliphatic heterocycles. The number of nitrogens with zero attached hydrogens (tertiary/aromatic N) is 1. The number of ether oxygens (including phenoxy) is 1. The predicted octanol–water partition coefficient (Wildman–Crippen LogP) is 3.54. The van der Waals surface area contributed by atoms with Gasteiger partial charge in [0, 0.05) is 12.0 Å². The van der Waals surface area contributed by atoms with Crippen LogP contribution in [0.25, 0.3) is 10.6 Å². The van der Waals surface area contributed by atoms with Gasteiger partial charge in [-0.3, -0.25) is 4.79 Å². The van der Waals surface area contributed by atoms with Crippen molar-refractivity contribution in [2.75, 3.05) is 6.54 Å². The zero-order chi connectivity index (χ0) is 16.4. The molecule has 0 spiro atoms. The van der Waals surface area contributed by atoms with Crippen LogP contribution in [0.2, 0.25) is 0 Å². The number of thiazole rings is 1. The summed E-state index contributed by atoms with van der Waals surface area (Å²) in [4.78, 5) is 17.3. The Kier molecular flexibility index (Phi) is 4.01. The predicted molar refractivity (Wildman–Crippen MR) is 94.4 cm³/mol. The van der Waals surface area contributed by atoms with Crippen LogP contribution in [-0.2, 0) is 6.42 Å². The first kappa shape index (κ1) is 14.9. The summed E-state index contributed by atoms with van der Waals surface area (Å²) < 4.78 is 5.84. The molecule has 0 saturated carbocycles. The number of carbonyl (C=O) groups excluding carboxylic acids is 1. The van der Waals surface area contributed by atoms with Crippen LogP contribution in [0.1, 0.15) is 15.2 Å². The molecule has 2 aromatic carbocycles. The van der Waals surface area contributed by atoms with E-state index >= 15 is 0 Å². The molecule has 1 unspecified atom stereocenters. The van der Waals surface area contributed by atoms with Crippen LogP contribution in [0.15, 0.2) is 60.8 Å².